The summed E-state index contributed by atoms with van der Waals surface area (Å²) in [5.74, 6) is 0.289. The van der Waals surface area contributed by atoms with Gasteiger partial charge in [0.1, 0.15) is 6.04 Å². The van der Waals surface area contributed by atoms with Crippen molar-refractivity contribution in [1.82, 2.24) is 20.6 Å². The number of hydrazine groups is 1. The second-order valence-electron chi connectivity index (χ2n) is 8.61. The van der Waals surface area contributed by atoms with Crippen LogP contribution in [0.3, 0.4) is 0 Å². The summed E-state index contributed by atoms with van der Waals surface area (Å²) in [5, 5.41) is 8.90. The van der Waals surface area contributed by atoms with Gasteiger partial charge in [0, 0.05) is 19.3 Å². The number of fused-ring (bicyclic) bond motifs is 1. The van der Waals surface area contributed by atoms with Gasteiger partial charge in [0.05, 0.1) is 17.3 Å². The maximum atomic E-state index is 12.7. The number of hydrogen-bond acceptors (Lipinski definition) is 6. The van der Waals surface area contributed by atoms with Gasteiger partial charge in [-0.15, -0.1) is 0 Å². The van der Waals surface area contributed by atoms with Crippen LogP contribution in [0, 0.1) is 5.41 Å². The van der Waals surface area contributed by atoms with Crippen LogP contribution in [0.1, 0.15) is 43.0 Å². The number of anilines is 1. The Morgan fingerprint density at radius 3 is 2.67 bits per heavy atom. The fourth-order valence-electron chi connectivity index (χ4n) is 4.27. The molecule has 2 atom stereocenters. The topological polar surface area (TPSA) is 89.9 Å². The van der Waals surface area contributed by atoms with Gasteiger partial charge in [-0.3, -0.25) is 9.59 Å². The molecule has 30 heavy (non-hydrogen) atoms. The molecule has 5 rings (SSSR count). The first kappa shape index (κ1) is 19.0. The van der Waals surface area contributed by atoms with E-state index in [0.717, 1.165) is 31.6 Å². The first-order valence-electron chi connectivity index (χ1n) is 10.6. The van der Waals surface area contributed by atoms with E-state index in [4.69, 9.17) is 0 Å². The summed E-state index contributed by atoms with van der Waals surface area (Å²) in [7, 11) is 0. The van der Waals surface area contributed by atoms with E-state index in [0.29, 0.717) is 16.8 Å². The Balaban J connectivity index is 1.17. The number of amides is 2. The minimum atomic E-state index is -0.557. The average Bonchev–Trinajstić information content (AvgIpc) is 3.38. The number of nitrogens with one attached hydrogen (secondary N) is 2. The highest BCUT2D eigenvalue weighted by atomic mass is 16.2. The van der Waals surface area contributed by atoms with Crippen LogP contribution in [0.2, 0.25) is 0 Å². The maximum Gasteiger partial charge on any atom is 0.253 e. The van der Waals surface area contributed by atoms with E-state index in [9.17, 15) is 9.59 Å². The first-order valence-corrected chi connectivity index (χ1v) is 10.6. The van der Waals surface area contributed by atoms with Gasteiger partial charge in [-0.1, -0.05) is 18.2 Å². The summed E-state index contributed by atoms with van der Waals surface area (Å²) in [4.78, 5) is 31.5. The molecule has 0 bridgehead atoms. The third kappa shape index (κ3) is 3.63. The molecule has 3 heterocycles. The van der Waals surface area contributed by atoms with Crippen LogP contribution in [0.25, 0.3) is 0 Å². The van der Waals surface area contributed by atoms with E-state index in [1.807, 2.05) is 29.2 Å². The number of allylic oxidation sites excluding steroid dienone is 2. The highest BCUT2D eigenvalue weighted by Crippen LogP contribution is 2.53. The Morgan fingerprint density at radius 1 is 1.20 bits per heavy atom. The predicted molar refractivity (Wildman–Crippen MR) is 114 cm³/mol. The van der Waals surface area contributed by atoms with E-state index < -0.39 is 6.04 Å². The van der Waals surface area contributed by atoms with E-state index in [1.54, 1.807) is 24.2 Å². The van der Waals surface area contributed by atoms with Gasteiger partial charge in [0.2, 0.25) is 5.91 Å². The minimum Gasteiger partial charge on any atom is -0.341 e. The lowest BCUT2D eigenvalue weighted by Gasteiger charge is -2.33. The van der Waals surface area contributed by atoms with Crippen molar-refractivity contribution in [1.29, 1.82) is 0 Å². The van der Waals surface area contributed by atoms with Gasteiger partial charge < -0.3 is 10.2 Å². The lowest BCUT2D eigenvalue weighted by molar-refractivity contribution is -0.134. The summed E-state index contributed by atoms with van der Waals surface area (Å²) in [6, 6.07) is 2.92. The van der Waals surface area contributed by atoms with Crippen molar-refractivity contribution in [2.24, 2.45) is 10.5 Å². The fourth-order valence-corrected chi connectivity index (χ4v) is 4.27. The molecule has 2 aliphatic heterocycles. The highest BCUT2D eigenvalue weighted by Gasteiger charge is 2.45. The third-order valence-electron chi connectivity index (χ3n) is 6.52. The number of piperidine rings is 1. The lowest BCUT2D eigenvalue weighted by atomic mass is 9.93. The molecule has 1 spiro atoms. The SMILES string of the molecule is CC(NC(=O)c1ccc(N2N=C3C=CC=CC3N2)nc1)C(=O)N1CCC2(CC1)CC2. The lowest BCUT2D eigenvalue weighted by Crippen LogP contribution is -2.49. The molecule has 8 heteroatoms. The molecular weight excluding hydrogens is 380 g/mol. The van der Waals surface area contributed by atoms with Crippen molar-refractivity contribution >= 4 is 23.3 Å². The van der Waals surface area contributed by atoms with E-state index >= 15 is 0 Å². The first-order chi connectivity index (χ1) is 14.5. The van der Waals surface area contributed by atoms with Gasteiger partial charge in [0.15, 0.2) is 5.82 Å². The Bertz CT molecular complexity index is 937. The van der Waals surface area contributed by atoms with Gasteiger partial charge in [0.25, 0.3) is 5.91 Å². The predicted octanol–water partition coefficient (Wildman–Crippen LogP) is 1.78. The number of aromatic nitrogens is 1. The number of hydrogen-bond donors (Lipinski definition) is 2. The summed E-state index contributed by atoms with van der Waals surface area (Å²) in [6.45, 7) is 3.34. The number of nitrogens with zero attached hydrogens (tertiary/aromatic N) is 4. The molecule has 1 aromatic heterocycles. The zero-order valence-corrected chi connectivity index (χ0v) is 17.0. The maximum absolute atomic E-state index is 12.7. The molecule has 2 amide bonds. The molecule has 1 saturated heterocycles. The summed E-state index contributed by atoms with van der Waals surface area (Å²) in [5.41, 5.74) is 5.08. The molecule has 2 fully saturated rings. The number of likely N-dealkylation sites (tertiary alicyclic amines) is 1. The third-order valence-corrected chi connectivity index (χ3v) is 6.52. The fraction of sp³-hybridized carbons (Fsp3) is 0.455. The van der Waals surface area contributed by atoms with Crippen molar-refractivity contribution in [3.8, 4) is 0 Å². The number of carbonyl (C=O) groups is 2. The quantitative estimate of drug-likeness (QED) is 0.796. The molecule has 1 saturated carbocycles. The van der Waals surface area contributed by atoms with E-state index in [2.05, 4.69) is 20.8 Å². The van der Waals surface area contributed by atoms with Crippen LogP contribution in [0.15, 0.2) is 47.7 Å². The Hall–Kier alpha value is -3.00. The van der Waals surface area contributed by atoms with Gasteiger partial charge in [-0.2, -0.15) is 15.6 Å². The minimum absolute atomic E-state index is 0.00997. The van der Waals surface area contributed by atoms with Crippen LogP contribution >= 0.6 is 0 Å². The van der Waals surface area contributed by atoms with Crippen molar-refractivity contribution in [2.45, 2.75) is 44.7 Å². The number of rotatable bonds is 4. The van der Waals surface area contributed by atoms with Crippen molar-refractivity contribution in [3.05, 3.63) is 48.2 Å². The highest BCUT2D eigenvalue weighted by molar-refractivity contribution is 6.03. The zero-order valence-electron chi connectivity index (χ0n) is 17.0. The van der Waals surface area contributed by atoms with Crippen molar-refractivity contribution < 1.29 is 9.59 Å². The van der Waals surface area contributed by atoms with Gasteiger partial charge >= 0.3 is 0 Å². The smallest absolute Gasteiger partial charge is 0.253 e. The Labute approximate surface area is 175 Å². The number of pyridine rings is 1. The second-order valence-corrected chi connectivity index (χ2v) is 8.61. The van der Waals surface area contributed by atoms with Crippen LogP contribution < -0.4 is 15.9 Å². The molecule has 2 aliphatic carbocycles. The van der Waals surface area contributed by atoms with Crippen molar-refractivity contribution in [2.75, 3.05) is 18.2 Å². The molecule has 8 nitrogen and oxygen atoms in total. The zero-order chi connectivity index (χ0) is 20.7. The molecular formula is C22H26N6O2. The van der Waals surface area contributed by atoms with Crippen LogP contribution in [0.5, 0.6) is 0 Å². The monoisotopic (exact) mass is 406 g/mol. The van der Waals surface area contributed by atoms with E-state index in [1.165, 1.54) is 19.0 Å². The van der Waals surface area contributed by atoms with Crippen molar-refractivity contribution in [3.63, 3.8) is 0 Å². The molecule has 1 aromatic rings. The molecule has 2 N–H and O–H groups in total. The molecule has 0 radical (unpaired) electrons. The number of hydrazone groups is 1. The summed E-state index contributed by atoms with van der Waals surface area (Å²) >= 11 is 0. The summed E-state index contributed by atoms with van der Waals surface area (Å²) < 4.78 is 0. The average molecular weight is 406 g/mol. The Morgan fingerprint density at radius 2 is 2.00 bits per heavy atom. The molecule has 4 aliphatic rings. The van der Waals surface area contributed by atoms with Gasteiger partial charge in [-0.05, 0) is 56.2 Å². The second kappa shape index (κ2) is 7.36. The standard InChI is InChI=1S/C22H26N6O2/c1-15(21(30)27-12-10-22(8-9-22)11-13-27)24-20(29)16-6-7-19(23-14-16)28-25-17-4-2-3-5-18(17)26-28/h2-7,14-15,17,25H,8-13H2,1H3,(H,24,29). The largest absolute Gasteiger partial charge is 0.341 e. The van der Waals surface area contributed by atoms with Gasteiger partial charge in [-0.25, -0.2) is 4.98 Å². The normalized spacial score (nSPS) is 24.4. The van der Waals surface area contributed by atoms with Crippen LogP contribution in [-0.4, -0.2) is 52.6 Å². The molecule has 2 unspecified atom stereocenters. The van der Waals surface area contributed by atoms with Crippen LogP contribution in [-0.2, 0) is 4.79 Å². The molecule has 0 aromatic carbocycles. The number of carbonyl (C=O) groups excluding carboxylic acids is 2. The Kier molecular flexibility index (Phi) is 4.66. The molecule has 156 valence electrons. The van der Waals surface area contributed by atoms with Crippen LogP contribution in [0.4, 0.5) is 5.82 Å². The summed E-state index contributed by atoms with van der Waals surface area (Å²) in [6.07, 6.45) is 14.2. The van der Waals surface area contributed by atoms with E-state index in [-0.39, 0.29) is 17.9 Å².